The van der Waals surface area contributed by atoms with Crippen molar-refractivity contribution in [3.8, 4) is 33.4 Å². The second-order valence-electron chi connectivity index (χ2n) is 19.9. The molecule has 31 heteroatoms. The SMILES string of the molecule is [B]c1c([B])c(-c2c3c([B])c([B])c([B])c([B])c3c(-c3c([B])c4c([B])c([B])c([B])c([B])c4c4c([B])c([B])c([B])c([B])c34)c3c([B])c([B])c([B])c([B])c23)c([B])c([B])c1-c1c([B])c([B])c2oc3c([B])c([B])c4c([B])c([B])c([B])c([B])c4c3c2c1[B]. The Morgan fingerprint density at radius 1 is 0.111 bits per heavy atom. The van der Waals surface area contributed by atoms with E-state index in [2.05, 4.69) is 0 Å². The molecule has 0 aliphatic rings. The molecule has 0 saturated carbocycles. The van der Waals surface area contributed by atoms with Gasteiger partial charge >= 0.3 is 0 Å². The lowest BCUT2D eigenvalue weighted by Crippen LogP contribution is -2.52. The summed E-state index contributed by atoms with van der Waals surface area (Å²) in [5.41, 5.74) is -5.67. The van der Waals surface area contributed by atoms with Crippen molar-refractivity contribution in [2.24, 2.45) is 0 Å². The molecule has 10 aromatic carbocycles. The highest BCUT2D eigenvalue weighted by Crippen LogP contribution is 2.42. The van der Waals surface area contributed by atoms with Crippen LogP contribution >= 0.6 is 0 Å². The molecule has 1 aromatic heterocycles. The van der Waals surface area contributed by atoms with Gasteiger partial charge in [0.1, 0.15) is 247 Å². The van der Waals surface area contributed by atoms with E-state index < -0.39 is 0 Å². The van der Waals surface area contributed by atoms with Gasteiger partial charge in [-0.25, -0.2) is 0 Å². The van der Waals surface area contributed by atoms with E-state index in [1.807, 2.05) is 0 Å². The Labute approximate surface area is 509 Å². The molecule has 0 bridgehead atoms. The summed E-state index contributed by atoms with van der Waals surface area (Å²) < 4.78 is 6.29. The van der Waals surface area contributed by atoms with Gasteiger partial charge in [-0.1, -0.05) is 109 Å². The Bertz CT molecular complexity index is 4820. The van der Waals surface area contributed by atoms with Gasteiger partial charge in [-0.2, -0.15) is 0 Å². The van der Waals surface area contributed by atoms with Crippen LogP contribution in [0.5, 0.6) is 0 Å². The van der Waals surface area contributed by atoms with Crippen molar-refractivity contribution in [3.05, 3.63) is 0 Å². The topological polar surface area (TPSA) is 13.1 Å². The summed E-state index contributed by atoms with van der Waals surface area (Å²) >= 11 is 0. The predicted molar refractivity (Wildman–Crippen MR) is 379 cm³/mol. The number of rotatable bonds is 3. The Kier molecular flexibility index (Phi) is 13.9. The minimum Gasteiger partial charge on any atom is -0.457 e. The summed E-state index contributed by atoms with van der Waals surface area (Å²) in [6.07, 6.45) is 0. The number of hydrogen-bond donors (Lipinski definition) is 0. The van der Waals surface area contributed by atoms with Gasteiger partial charge in [0, 0.05) is 10.8 Å². The van der Waals surface area contributed by atoms with Crippen LogP contribution < -0.4 is 164 Å². The lowest BCUT2D eigenvalue weighted by atomic mass is 9.55. The first-order valence-corrected chi connectivity index (χ1v) is 23.8. The summed E-state index contributed by atoms with van der Waals surface area (Å²) in [5, 5.41) is 0.564. The highest BCUT2D eigenvalue weighted by Gasteiger charge is 2.32. The maximum atomic E-state index is 7.38. The normalized spacial score (nSPS) is 12.0. The fourth-order valence-corrected chi connectivity index (χ4v) is 11.8. The van der Waals surface area contributed by atoms with E-state index in [1.54, 1.807) is 0 Å². The van der Waals surface area contributed by atoms with Gasteiger partial charge in [-0.3, -0.25) is 0 Å². The van der Waals surface area contributed by atoms with Gasteiger partial charge in [0.25, 0.3) is 0 Å². The minimum absolute atomic E-state index is 0.00934. The first-order chi connectivity index (χ1) is 37.8. The molecule has 0 aliphatic heterocycles. The van der Waals surface area contributed by atoms with E-state index in [9.17, 15) is 0 Å². The highest BCUT2D eigenvalue weighted by molar-refractivity contribution is 6.79. The summed E-state index contributed by atoms with van der Waals surface area (Å²) in [7, 11) is 206. The van der Waals surface area contributed by atoms with E-state index in [-0.39, 0.29) is 273 Å². The van der Waals surface area contributed by atoms with Gasteiger partial charge in [-0.15, -0.1) is 54.6 Å². The van der Waals surface area contributed by atoms with Gasteiger partial charge in [0.15, 0.2) is 0 Å². The Morgan fingerprint density at radius 2 is 0.296 bits per heavy atom. The molecule has 11 aromatic rings. The molecule has 60 radical (unpaired) electrons. The zero-order chi connectivity index (χ0) is 59.6. The molecule has 0 unspecified atom stereocenters. The minimum atomic E-state index is -0.307. The molecule has 0 spiro atoms. The lowest BCUT2D eigenvalue weighted by molar-refractivity contribution is 0.675. The number of hydrogen-bond acceptors (Lipinski definition) is 1. The van der Waals surface area contributed by atoms with Crippen LogP contribution in [0.15, 0.2) is 4.42 Å². The maximum absolute atomic E-state index is 7.38. The van der Waals surface area contributed by atoms with Crippen molar-refractivity contribution >= 4 is 475 Å². The molecule has 11 rings (SSSR count). The second kappa shape index (κ2) is 19.4. The average Bonchev–Trinajstić information content (AvgIpc) is 4.06. The smallest absolute Gasteiger partial charge is 0.128 e. The number of fused-ring (bicyclic) bond motifs is 10. The first-order valence-electron chi connectivity index (χ1n) is 23.8. The van der Waals surface area contributed by atoms with E-state index >= 15 is 0 Å². The summed E-state index contributed by atoms with van der Waals surface area (Å²) in [5.74, 6) is 0. The van der Waals surface area contributed by atoms with Gasteiger partial charge < -0.3 is 4.42 Å². The monoisotopic (exact) mass is 946 g/mol. The molecule has 81 heavy (non-hydrogen) atoms. The standard InChI is InChI=1S/C50B30O/c51-19-3(8-9(26(58)42(74)41(73)25(8)57)10-14(19)33(65)45(77)43(75)27(10)59)1-4-6(23(55)39(71)37(69)21(4)53)2(7-5(1)22(54)38(70)40(72)24(7)56)13-29(61)31(63)17(32(64)30(13)62)16-20(52)18-12-11-15(34(66)46(78)44(76)28(11)60)35(67)47(79)49(12)81-50(18)48(80)36(16)68. The van der Waals surface area contributed by atoms with Crippen LogP contribution in [0.1, 0.15) is 0 Å². The van der Waals surface area contributed by atoms with Crippen LogP contribution in [0, 0.1) is 0 Å². The largest absolute Gasteiger partial charge is 0.457 e. The van der Waals surface area contributed by atoms with Crippen LogP contribution in [0.4, 0.5) is 0 Å². The number of furan rings is 1. The van der Waals surface area contributed by atoms with E-state index in [4.69, 9.17) is 240 Å². The molecule has 0 N–H and O–H groups in total. The van der Waals surface area contributed by atoms with Gasteiger partial charge in [0.05, 0.1) is 0 Å². The third kappa shape index (κ3) is 7.30. The van der Waals surface area contributed by atoms with Crippen molar-refractivity contribution in [2.45, 2.75) is 0 Å². The first kappa shape index (κ1) is 58.0. The van der Waals surface area contributed by atoms with Gasteiger partial charge in [-0.05, 0) is 87.2 Å². The van der Waals surface area contributed by atoms with Gasteiger partial charge in [0.2, 0.25) is 0 Å². The van der Waals surface area contributed by atoms with Crippen molar-refractivity contribution < 1.29 is 4.42 Å². The molecule has 0 fully saturated rings. The van der Waals surface area contributed by atoms with Crippen LogP contribution in [0.2, 0.25) is 0 Å². The van der Waals surface area contributed by atoms with Crippen molar-refractivity contribution in [3.63, 3.8) is 0 Å². The van der Waals surface area contributed by atoms with Crippen molar-refractivity contribution in [1.29, 1.82) is 0 Å². The second-order valence-corrected chi connectivity index (χ2v) is 19.9. The Morgan fingerprint density at radius 3 is 0.654 bits per heavy atom. The number of benzene rings is 10. The predicted octanol–water partition coefficient (Wildman–Crippen LogP) is -21.8. The molecule has 1 nitrogen and oxygen atoms in total. The zero-order valence-electron chi connectivity index (χ0n) is 42.7. The van der Waals surface area contributed by atoms with Crippen LogP contribution in [-0.2, 0) is 0 Å². The molecule has 0 aliphatic carbocycles. The summed E-state index contributed by atoms with van der Waals surface area (Å²) in [6, 6.07) is 0. The maximum Gasteiger partial charge on any atom is 0.128 e. The molecule has 296 valence electrons. The summed E-state index contributed by atoms with van der Waals surface area (Å²) in [4.78, 5) is 0. The molecule has 1 heterocycles. The van der Waals surface area contributed by atoms with E-state index in [0.29, 0.717) is 0 Å². The lowest BCUT2D eigenvalue weighted by Gasteiger charge is -2.33. The zero-order valence-corrected chi connectivity index (χ0v) is 42.7. The van der Waals surface area contributed by atoms with Crippen LogP contribution in [-0.4, -0.2) is 235 Å². The highest BCUT2D eigenvalue weighted by atomic mass is 16.3. The Hall–Kier alpha value is -4.75. The third-order valence-electron chi connectivity index (χ3n) is 16.0. The fraction of sp³-hybridized carbons (Fsp3) is 0. The molecule has 0 atom stereocenters. The molecular weight excluding hydrogens is 941 g/mol. The summed E-state index contributed by atoms with van der Waals surface area (Å²) in [6.45, 7) is 0. The Balaban J connectivity index is 1.37. The van der Waals surface area contributed by atoms with Crippen molar-refractivity contribution in [1.82, 2.24) is 0 Å². The van der Waals surface area contributed by atoms with E-state index in [0.717, 1.165) is 0 Å². The molecule has 0 amide bonds. The quantitative estimate of drug-likeness (QED) is 0.0977. The molecule has 0 saturated heterocycles. The van der Waals surface area contributed by atoms with Crippen LogP contribution in [0.3, 0.4) is 0 Å². The fourth-order valence-electron chi connectivity index (χ4n) is 11.8. The van der Waals surface area contributed by atoms with Crippen LogP contribution in [0.25, 0.3) is 109 Å². The molecular formula is C50B30O. The average molecular weight is 941 g/mol. The third-order valence-corrected chi connectivity index (χ3v) is 16.0. The van der Waals surface area contributed by atoms with E-state index in [1.165, 1.54) is 0 Å². The van der Waals surface area contributed by atoms with Crippen molar-refractivity contribution in [2.75, 3.05) is 0 Å².